The summed E-state index contributed by atoms with van der Waals surface area (Å²) in [5, 5.41) is 0.463. The van der Waals surface area contributed by atoms with E-state index in [9.17, 15) is 13.2 Å². The normalized spacial score (nSPS) is 11.7. The van der Waals surface area contributed by atoms with Gasteiger partial charge in [0.25, 0.3) is 0 Å². The van der Waals surface area contributed by atoms with Crippen LogP contribution in [0.3, 0.4) is 0 Å². The summed E-state index contributed by atoms with van der Waals surface area (Å²) < 4.78 is 36.6. The molecule has 2 nitrogen and oxygen atoms in total. The van der Waals surface area contributed by atoms with Gasteiger partial charge < -0.3 is 0 Å². The van der Waals surface area contributed by atoms with Crippen LogP contribution >= 0.6 is 34.8 Å². The molecule has 1 aromatic heterocycles. The molecule has 1 aromatic carbocycles. The maximum atomic E-state index is 12.2. The molecule has 112 valence electrons. The van der Waals surface area contributed by atoms with Gasteiger partial charge >= 0.3 is 6.18 Å². The third-order valence-electron chi connectivity index (χ3n) is 2.61. The lowest BCUT2D eigenvalue weighted by Gasteiger charge is -2.10. The van der Waals surface area contributed by atoms with Crippen molar-refractivity contribution in [3.63, 3.8) is 0 Å². The Morgan fingerprint density at radius 1 is 1.00 bits per heavy atom. The van der Waals surface area contributed by atoms with E-state index in [-0.39, 0.29) is 22.6 Å². The van der Waals surface area contributed by atoms with Crippen molar-refractivity contribution in [1.29, 1.82) is 0 Å². The van der Waals surface area contributed by atoms with Crippen LogP contribution in [0.1, 0.15) is 12.2 Å². The molecule has 0 unspecified atom stereocenters. The van der Waals surface area contributed by atoms with Gasteiger partial charge in [0.1, 0.15) is 16.1 Å². The molecule has 0 spiro atoms. The van der Waals surface area contributed by atoms with Crippen LogP contribution in [0.4, 0.5) is 13.2 Å². The van der Waals surface area contributed by atoms with Gasteiger partial charge in [0.2, 0.25) is 0 Å². The van der Waals surface area contributed by atoms with Crippen molar-refractivity contribution in [1.82, 2.24) is 9.97 Å². The molecule has 8 heteroatoms. The van der Waals surface area contributed by atoms with Crippen LogP contribution in [0.5, 0.6) is 0 Å². The first-order chi connectivity index (χ1) is 9.76. The Morgan fingerprint density at radius 3 is 2.14 bits per heavy atom. The number of rotatable bonds is 3. The summed E-state index contributed by atoms with van der Waals surface area (Å²) in [5.41, 5.74) is 0.941. The molecule has 2 rings (SSSR count). The number of hydrogen-bond donors (Lipinski definition) is 0. The quantitative estimate of drug-likeness (QED) is 0.670. The van der Waals surface area contributed by atoms with Crippen LogP contribution in [-0.2, 0) is 6.42 Å². The molecule has 0 aliphatic heterocycles. The van der Waals surface area contributed by atoms with Crippen molar-refractivity contribution in [2.75, 3.05) is 0 Å². The zero-order valence-corrected chi connectivity index (χ0v) is 12.7. The summed E-state index contributed by atoms with van der Waals surface area (Å²) in [6, 6.07) is 6.69. The van der Waals surface area contributed by atoms with Crippen LogP contribution in [0.25, 0.3) is 11.1 Å². The van der Waals surface area contributed by atoms with E-state index in [2.05, 4.69) is 9.97 Å². The zero-order valence-electron chi connectivity index (χ0n) is 10.4. The van der Waals surface area contributed by atoms with Gasteiger partial charge in [-0.05, 0) is 17.7 Å². The van der Waals surface area contributed by atoms with E-state index in [1.807, 2.05) is 0 Å². The summed E-state index contributed by atoms with van der Waals surface area (Å²) in [4.78, 5) is 7.74. The smallest absolute Gasteiger partial charge is 0.220 e. The summed E-state index contributed by atoms with van der Waals surface area (Å²) >= 11 is 17.9. The van der Waals surface area contributed by atoms with Crippen molar-refractivity contribution in [2.24, 2.45) is 0 Å². The molecule has 0 aliphatic carbocycles. The molecule has 0 saturated carbocycles. The van der Waals surface area contributed by atoms with E-state index in [0.29, 0.717) is 16.1 Å². The first-order valence-electron chi connectivity index (χ1n) is 5.81. The van der Waals surface area contributed by atoms with Crippen LogP contribution in [0.2, 0.25) is 15.3 Å². The zero-order chi connectivity index (χ0) is 15.6. The largest absolute Gasteiger partial charge is 0.389 e. The fourth-order valence-electron chi connectivity index (χ4n) is 1.70. The van der Waals surface area contributed by atoms with Crippen molar-refractivity contribution in [3.8, 4) is 11.1 Å². The minimum Gasteiger partial charge on any atom is -0.220 e. The second kappa shape index (κ2) is 6.38. The lowest BCUT2D eigenvalue weighted by atomic mass is 10.1. The van der Waals surface area contributed by atoms with Gasteiger partial charge in [-0.1, -0.05) is 46.9 Å². The maximum Gasteiger partial charge on any atom is 0.389 e. The van der Waals surface area contributed by atoms with Gasteiger partial charge in [-0.25, -0.2) is 9.97 Å². The molecule has 0 amide bonds. The van der Waals surface area contributed by atoms with E-state index in [1.54, 1.807) is 24.3 Å². The molecule has 0 fully saturated rings. The maximum absolute atomic E-state index is 12.2. The molecule has 1 heterocycles. The highest BCUT2D eigenvalue weighted by Gasteiger charge is 2.27. The van der Waals surface area contributed by atoms with Crippen LogP contribution in [0.15, 0.2) is 24.3 Å². The van der Waals surface area contributed by atoms with Gasteiger partial charge in [0.15, 0.2) is 0 Å². The number of hydrogen-bond acceptors (Lipinski definition) is 2. The molecule has 0 N–H and O–H groups in total. The van der Waals surface area contributed by atoms with Gasteiger partial charge in [0.05, 0.1) is 12.0 Å². The molecule has 0 radical (unpaired) electrons. The Morgan fingerprint density at radius 2 is 1.62 bits per heavy atom. The van der Waals surface area contributed by atoms with E-state index in [0.717, 1.165) is 0 Å². The third-order valence-corrected chi connectivity index (χ3v) is 3.39. The Hall–Kier alpha value is -1.04. The van der Waals surface area contributed by atoms with E-state index in [1.165, 1.54) is 0 Å². The Labute approximate surface area is 133 Å². The van der Waals surface area contributed by atoms with E-state index < -0.39 is 12.6 Å². The molecule has 0 bridgehead atoms. The van der Waals surface area contributed by atoms with E-state index >= 15 is 0 Å². The predicted octanol–water partition coefficient (Wildman–Crippen LogP) is 5.60. The second-order valence-electron chi connectivity index (χ2n) is 4.22. The molecule has 2 aromatic rings. The van der Waals surface area contributed by atoms with E-state index in [4.69, 9.17) is 34.8 Å². The molecule has 21 heavy (non-hydrogen) atoms. The standard InChI is InChI=1S/C13H8Cl3F3N2/c14-8-3-1-2-7(6-8)10-11(15)20-9(21-12(10)16)4-5-13(17,18)19/h1-3,6H,4-5H2. The number of benzene rings is 1. The molecule has 0 aliphatic rings. The lowest BCUT2D eigenvalue weighted by Crippen LogP contribution is -2.10. The monoisotopic (exact) mass is 354 g/mol. The van der Waals surface area contributed by atoms with Crippen LogP contribution in [0, 0.1) is 0 Å². The van der Waals surface area contributed by atoms with Crippen molar-refractivity contribution in [3.05, 3.63) is 45.4 Å². The summed E-state index contributed by atoms with van der Waals surface area (Å²) in [6.07, 6.45) is -5.69. The van der Waals surface area contributed by atoms with Gasteiger partial charge in [-0.2, -0.15) is 13.2 Å². The number of nitrogens with zero attached hydrogens (tertiary/aromatic N) is 2. The Bertz CT molecular complexity index is 636. The van der Waals surface area contributed by atoms with Gasteiger partial charge in [0, 0.05) is 11.4 Å². The SMILES string of the molecule is FC(F)(F)CCc1nc(Cl)c(-c2cccc(Cl)c2)c(Cl)n1. The minimum atomic E-state index is -4.28. The lowest BCUT2D eigenvalue weighted by molar-refractivity contribution is -0.134. The number of aryl methyl sites for hydroxylation is 1. The van der Waals surface area contributed by atoms with Crippen molar-refractivity contribution >= 4 is 34.8 Å². The van der Waals surface area contributed by atoms with Crippen LogP contribution < -0.4 is 0 Å². The topological polar surface area (TPSA) is 25.8 Å². The highest BCUT2D eigenvalue weighted by molar-refractivity contribution is 6.38. The number of aromatic nitrogens is 2. The second-order valence-corrected chi connectivity index (χ2v) is 5.37. The first kappa shape index (κ1) is 16.3. The Kier molecular flexibility index (Phi) is 4.96. The highest BCUT2D eigenvalue weighted by atomic mass is 35.5. The molecule has 0 atom stereocenters. The van der Waals surface area contributed by atoms with Crippen molar-refractivity contribution in [2.45, 2.75) is 19.0 Å². The average molecular weight is 356 g/mol. The summed E-state index contributed by atoms with van der Waals surface area (Å²) in [6.45, 7) is 0. The molecule has 0 saturated heterocycles. The number of alkyl halides is 3. The predicted molar refractivity (Wildman–Crippen MR) is 76.9 cm³/mol. The highest BCUT2D eigenvalue weighted by Crippen LogP contribution is 2.34. The van der Waals surface area contributed by atoms with Gasteiger partial charge in [-0.3, -0.25) is 0 Å². The van der Waals surface area contributed by atoms with Crippen molar-refractivity contribution < 1.29 is 13.2 Å². The fourth-order valence-corrected chi connectivity index (χ4v) is 2.53. The fraction of sp³-hybridized carbons (Fsp3) is 0.231. The first-order valence-corrected chi connectivity index (χ1v) is 6.94. The summed E-state index contributed by atoms with van der Waals surface area (Å²) in [5.74, 6) is -0.0481. The number of halogens is 6. The third kappa shape index (κ3) is 4.46. The molecular weight excluding hydrogens is 348 g/mol. The van der Waals surface area contributed by atoms with Gasteiger partial charge in [-0.15, -0.1) is 0 Å². The minimum absolute atomic E-state index is 0.00515. The molecular formula is C13H8Cl3F3N2. The Balaban J connectivity index is 2.34. The van der Waals surface area contributed by atoms with Crippen LogP contribution in [-0.4, -0.2) is 16.1 Å². The average Bonchev–Trinajstić information content (AvgIpc) is 2.35. The summed E-state index contributed by atoms with van der Waals surface area (Å²) in [7, 11) is 0.